The minimum absolute atomic E-state index is 0.00712. The summed E-state index contributed by atoms with van der Waals surface area (Å²) in [7, 11) is 1.54. The molecule has 2 rings (SSSR count). The molecule has 2 N–H and O–H groups in total. The fraction of sp³-hybridized carbons (Fsp3) is 0.400. The van der Waals surface area contributed by atoms with Crippen LogP contribution < -0.4 is 10.1 Å². The molecule has 0 saturated heterocycles. The first-order valence-electron chi connectivity index (χ1n) is 6.55. The van der Waals surface area contributed by atoms with E-state index in [1.165, 1.54) is 0 Å². The molecule has 1 atom stereocenters. The van der Waals surface area contributed by atoms with Gasteiger partial charge in [-0.25, -0.2) is 4.79 Å². The Morgan fingerprint density at radius 2 is 2.30 bits per heavy atom. The van der Waals surface area contributed by atoms with Crippen molar-refractivity contribution >= 4 is 11.7 Å². The van der Waals surface area contributed by atoms with Crippen molar-refractivity contribution in [2.45, 2.75) is 19.4 Å². The van der Waals surface area contributed by atoms with Crippen LogP contribution in [0.3, 0.4) is 0 Å². The summed E-state index contributed by atoms with van der Waals surface area (Å²) < 4.78 is 10.3. The monoisotopic (exact) mass is 277 g/mol. The van der Waals surface area contributed by atoms with Crippen molar-refractivity contribution in [1.82, 2.24) is 0 Å². The second-order valence-corrected chi connectivity index (χ2v) is 4.67. The maximum Gasteiger partial charge on any atom is 0.340 e. The molecule has 20 heavy (non-hydrogen) atoms. The molecule has 0 aromatic heterocycles. The predicted octanol–water partition coefficient (Wildman–Crippen LogP) is 1.97. The van der Waals surface area contributed by atoms with E-state index in [9.17, 15) is 9.90 Å². The van der Waals surface area contributed by atoms with Crippen molar-refractivity contribution in [2.24, 2.45) is 0 Å². The smallest absolute Gasteiger partial charge is 0.340 e. The lowest BCUT2D eigenvalue weighted by atomic mass is 10.1. The summed E-state index contributed by atoms with van der Waals surface area (Å²) in [6, 6.07) is 5.21. The summed E-state index contributed by atoms with van der Waals surface area (Å²) in [5, 5.41) is 13.0. The van der Waals surface area contributed by atoms with E-state index in [2.05, 4.69) is 5.32 Å². The number of nitrogens with one attached hydrogen (secondary N) is 1. The predicted molar refractivity (Wildman–Crippen MR) is 76.1 cm³/mol. The number of benzene rings is 1. The number of esters is 1. The maximum absolute atomic E-state index is 12.0. The quantitative estimate of drug-likeness (QED) is 0.607. The average Bonchev–Trinajstić information content (AvgIpc) is 2.48. The van der Waals surface area contributed by atoms with Crippen LogP contribution in [0.15, 0.2) is 29.8 Å². The molecule has 0 amide bonds. The summed E-state index contributed by atoms with van der Waals surface area (Å²) in [5.41, 5.74) is 2.18. The number of carbonyl (C=O) groups excluding carboxylic acids is 1. The highest BCUT2D eigenvalue weighted by atomic mass is 16.5. The van der Waals surface area contributed by atoms with Crippen molar-refractivity contribution < 1.29 is 19.4 Å². The molecule has 0 radical (unpaired) electrons. The highest BCUT2D eigenvalue weighted by Gasteiger charge is 2.19. The van der Waals surface area contributed by atoms with Crippen LogP contribution in [0, 0.1) is 0 Å². The van der Waals surface area contributed by atoms with Gasteiger partial charge in [-0.1, -0.05) is 11.6 Å². The largest absolute Gasteiger partial charge is 0.497 e. The molecule has 0 spiro atoms. The van der Waals surface area contributed by atoms with Gasteiger partial charge in [-0.15, -0.1) is 0 Å². The Bertz CT molecular complexity index is 525. The fourth-order valence-electron chi connectivity index (χ4n) is 2.09. The number of carbonyl (C=O) groups is 1. The molecule has 5 nitrogen and oxygen atoms in total. The number of methoxy groups -OCH3 is 1. The standard InChI is InChI=1S/C15H19NO4/c1-3-10-6-11(17)9-20-15(18)13-7-12(19-2)4-5-14(13)16-8-10/h3-5,7,11,16-17H,6,8-9H2,1-2H3/b10-3-. The molecule has 1 aromatic carbocycles. The molecule has 5 heteroatoms. The first-order valence-corrected chi connectivity index (χ1v) is 6.55. The molecule has 0 bridgehead atoms. The van der Waals surface area contributed by atoms with E-state index in [-0.39, 0.29) is 6.61 Å². The number of cyclic esters (lactones) is 1. The first-order chi connectivity index (χ1) is 9.63. The van der Waals surface area contributed by atoms with Gasteiger partial charge in [-0.2, -0.15) is 0 Å². The Morgan fingerprint density at radius 1 is 1.50 bits per heavy atom. The van der Waals surface area contributed by atoms with Crippen molar-refractivity contribution in [3.8, 4) is 5.75 Å². The van der Waals surface area contributed by atoms with Crippen molar-refractivity contribution in [1.29, 1.82) is 0 Å². The number of fused-ring (bicyclic) bond motifs is 1. The number of ether oxygens (including phenoxy) is 2. The van der Waals surface area contributed by atoms with Gasteiger partial charge in [0, 0.05) is 12.2 Å². The minimum Gasteiger partial charge on any atom is -0.497 e. The van der Waals surface area contributed by atoms with Crippen LogP contribution in [-0.4, -0.2) is 37.4 Å². The molecule has 0 aliphatic carbocycles. The van der Waals surface area contributed by atoms with Crippen molar-refractivity contribution in [2.75, 3.05) is 25.6 Å². The van der Waals surface area contributed by atoms with Crippen LogP contribution in [-0.2, 0) is 4.74 Å². The molecule has 0 fully saturated rings. The Kier molecular flexibility index (Phi) is 4.63. The van der Waals surface area contributed by atoms with Gasteiger partial charge < -0.3 is 19.9 Å². The van der Waals surface area contributed by atoms with Gasteiger partial charge in [0.05, 0.1) is 18.8 Å². The molecule has 1 aromatic rings. The zero-order valence-corrected chi connectivity index (χ0v) is 11.7. The number of anilines is 1. The van der Waals surface area contributed by atoms with Crippen LogP contribution in [0.1, 0.15) is 23.7 Å². The maximum atomic E-state index is 12.0. The third kappa shape index (κ3) is 3.30. The number of hydrogen-bond donors (Lipinski definition) is 2. The van der Waals surface area contributed by atoms with Crippen LogP contribution in [0.4, 0.5) is 5.69 Å². The van der Waals surface area contributed by atoms with E-state index in [1.54, 1.807) is 25.3 Å². The summed E-state index contributed by atoms with van der Waals surface area (Å²) in [6.07, 6.45) is 1.77. The second-order valence-electron chi connectivity index (χ2n) is 4.67. The Balaban J connectivity index is 2.33. The third-order valence-corrected chi connectivity index (χ3v) is 3.27. The average molecular weight is 277 g/mol. The van der Waals surface area contributed by atoms with Gasteiger partial charge in [0.2, 0.25) is 0 Å². The molecular weight excluding hydrogens is 258 g/mol. The minimum atomic E-state index is -0.681. The molecule has 1 heterocycles. The number of rotatable bonds is 1. The van der Waals surface area contributed by atoms with Gasteiger partial charge in [0.25, 0.3) is 0 Å². The van der Waals surface area contributed by atoms with Gasteiger partial charge in [-0.3, -0.25) is 0 Å². The highest BCUT2D eigenvalue weighted by Crippen LogP contribution is 2.24. The van der Waals surface area contributed by atoms with Crippen molar-refractivity contribution in [3.05, 3.63) is 35.4 Å². The second kappa shape index (κ2) is 6.43. The zero-order chi connectivity index (χ0) is 14.5. The van der Waals surface area contributed by atoms with Crippen LogP contribution >= 0.6 is 0 Å². The van der Waals surface area contributed by atoms with E-state index >= 15 is 0 Å². The van der Waals surface area contributed by atoms with Crippen LogP contribution in [0.5, 0.6) is 5.75 Å². The summed E-state index contributed by atoms with van der Waals surface area (Å²) in [4.78, 5) is 12.0. The molecule has 0 saturated carbocycles. The lowest BCUT2D eigenvalue weighted by Gasteiger charge is -2.19. The van der Waals surface area contributed by atoms with E-state index in [1.807, 2.05) is 13.0 Å². The number of allylic oxidation sites excluding steroid dienone is 1. The van der Waals surface area contributed by atoms with E-state index < -0.39 is 12.1 Å². The Hall–Kier alpha value is -2.01. The van der Waals surface area contributed by atoms with Gasteiger partial charge in [0.15, 0.2) is 0 Å². The summed E-state index contributed by atoms with van der Waals surface area (Å²) in [5.74, 6) is 0.126. The molecular formula is C15H19NO4. The molecule has 1 aliphatic rings. The SMILES string of the molecule is C/C=C1\CNc2ccc(OC)cc2C(=O)OCC(O)C1. The van der Waals surface area contributed by atoms with Crippen molar-refractivity contribution in [3.63, 3.8) is 0 Å². The molecule has 1 aliphatic heterocycles. The molecule has 108 valence electrons. The van der Waals surface area contributed by atoms with E-state index in [4.69, 9.17) is 9.47 Å². The lowest BCUT2D eigenvalue weighted by molar-refractivity contribution is 0.0257. The number of aliphatic hydroxyl groups is 1. The lowest BCUT2D eigenvalue weighted by Crippen LogP contribution is -2.23. The van der Waals surface area contributed by atoms with Gasteiger partial charge in [0.1, 0.15) is 12.4 Å². The van der Waals surface area contributed by atoms with E-state index in [0.717, 1.165) is 5.57 Å². The number of aliphatic hydroxyl groups excluding tert-OH is 1. The fourth-order valence-corrected chi connectivity index (χ4v) is 2.09. The normalized spacial score (nSPS) is 21.6. The van der Waals surface area contributed by atoms with Gasteiger partial charge in [-0.05, 0) is 31.5 Å². The van der Waals surface area contributed by atoms with Crippen LogP contribution in [0.25, 0.3) is 0 Å². The van der Waals surface area contributed by atoms with E-state index in [0.29, 0.717) is 30.0 Å². The van der Waals surface area contributed by atoms with Gasteiger partial charge >= 0.3 is 5.97 Å². The highest BCUT2D eigenvalue weighted by molar-refractivity contribution is 5.96. The zero-order valence-electron chi connectivity index (χ0n) is 11.7. The topological polar surface area (TPSA) is 67.8 Å². The van der Waals surface area contributed by atoms with Crippen LogP contribution in [0.2, 0.25) is 0 Å². The summed E-state index contributed by atoms with van der Waals surface area (Å²) in [6.45, 7) is 2.50. The first kappa shape index (κ1) is 14.4. The Morgan fingerprint density at radius 3 is 3.00 bits per heavy atom. The third-order valence-electron chi connectivity index (χ3n) is 3.27. The Labute approximate surface area is 118 Å². The summed E-state index contributed by atoms with van der Waals surface area (Å²) >= 11 is 0. The molecule has 1 unspecified atom stereocenters. The number of hydrogen-bond acceptors (Lipinski definition) is 5.